The number of hydrogen-bond acceptors (Lipinski definition) is 6. The summed E-state index contributed by atoms with van der Waals surface area (Å²) in [5.74, 6) is -0.782. The molecule has 0 aliphatic rings. The molecule has 0 bridgehead atoms. The molecular formula is C31H30N2O6S. The number of nitrogens with one attached hydrogen (secondary N) is 1. The van der Waals surface area contributed by atoms with Crippen molar-refractivity contribution in [3.63, 3.8) is 0 Å². The lowest BCUT2D eigenvalue weighted by Gasteiger charge is -2.21. The molecule has 0 saturated heterocycles. The minimum absolute atomic E-state index is 0.00987. The Hall–Kier alpha value is -4.63. The van der Waals surface area contributed by atoms with Gasteiger partial charge in [0.15, 0.2) is 0 Å². The van der Waals surface area contributed by atoms with Crippen LogP contribution in [0.4, 0.5) is 11.4 Å². The van der Waals surface area contributed by atoms with E-state index in [1.54, 1.807) is 54.6 Å². The Balaban J connectivity index is 1.59. The first-order valence-electron chi connectivity index (χ1n) is 12.5. The lowest BCUT2D eigenvalue weighted by atomic mass is 10.1. The van der Waals surface area contributed by atoms with E-state index >= 15 is 0 Å². The van der Waals surface area contributed by atoms with E-state index in [1.165, 1.54) is 38.4 Å². The van der Waals surface area contributed by atoms with Gasteiger partial charge in [-0.05, 0) is 79.6 Å². The second-order valence-corrected chi connectivity index (χ2v) is 11.2. The summed E-state index contributed by atoms with van der Waals surface area (Å²) in [5, 5.41) is 2.83. The van der Waals surface area contributed by atoms with Gasteiger partial charge in [-0.25, -0.2) is 13.2 Å². The Kier molecular flexibility index (Phi) is 8.55. The van der Waals surface area contributed by atoms with Crippen molar-refractivity contribution in [2.45, 2.75) is 24.8 Å². The quantitative estimate of drug-likeness (QED) is 0.266. The number of hydrogen-bond donors (Lipinski definition) is 1. The van der Waals surface area contributed by atoms with Crippen molar-refractivity contribution in [2.24, 2.45) is 0 Å². The molecule has 0 heterocycles. The van der Waals surface area contributed by atoms with Crippen LogP contribution in [0.5, 0.6) is 5.75 Å². The number of esters is 1. The van der Waals surface area contributed by atoms with Gasteiger partial charge in [-0.2, -0.15) is 0 Å². The predicted octanol–water partition coefficient (Wildman–Crippen LogP) is 5.67. The van der Waals surface area contributed by atoms with Crippen LogP contribution in [0.1, 0.15) is 33.2 Å². The van der Waals surface area contributed by atoms with Gasteiger partial charge in [-0.1, -0.05) is 42.5 Å². The Labute approximate surface area is 234 Å². The number of aryl methyl sites for hydroxylation is 2. The molecule has 1 amide bonds. The standard InChI is InChI=1S/C31H30N2O6S/c1-21-17-22(2)19-25(18-21)32-30(34)29(23-9-6-5-7-10-23)39-31(35)24-11-8-12-28(20-24)40(36,37)33(3)26-13-15-27(38-4)16-14-26/h5-20,29H,1-4H3,(H,32,34)/t29-/m1/s1. The van der Waals surface area contributed by atoms with Gasteiger partial charge in [-0.3, -0.25) is 9.10 Å². The maximum atomic E-state index is 13.4. The van der Waals surface area contributed by atoms with Crippen LogP contribution in [0, 0.1) is 13.8 Å². The summed E-state index contributed by atoms with van der Waals surface area (Å²) in [6, 6.07) is 26.3. The first-order chi connectivity index (χ1) is 19.1. The molecule has 40 heavy (non-hydrogen) atoms. The monoisotopic (exact) mass is 558 g/mol. The van der Waals surface area contributed by atoms with Gasteiger partial charge in [0.2, 0.25) is 6.10 Å². The summed E-state index contributed by atoms with van der Waals surface area (Å²) >= 11 is 0. The van der Waals surface area contributed by atoms with Gasteiger partial charge in [-0.15, -0.1) is 0 Å². The normalized spacial score (nSPS) is 11.8. The molecule has 1 N–H and O–H groups in total. The van der Waals surface area contributed by atoms with Crippen LogP contribution in [0.15, 0.2) is 102 Å². The van der Waals surface area contributed by atoms with Crippen LogP contribution in [-0.4, -0.2) is 34.5 Å². The lowest BCUT2D eigenvalue weighted by Crippen LogP contribution is -2.27. The Bertz CT molecular complexity index is 1600. The van der Waals surface area contributed by atoms with Crippen molar-refractivity contribution < 1.29 is 27.5 Å². The number of carbonyl (C=O) groups is 2. The zero-order valence-corrected chi connectivity index (χ0v) is 23.4. The van der Waals surface area contributed by atoms with E-state index in [4.69, 9.17) is 9.47 Å². The fourth-order valence-corrected chi connectivity index (χ4v) is 5.44. The van der Waals surface area contributed by atoms with E-state index in [2.05, 4.69) is 5.32 Å². The van der Waals surface area contributed by atoms with Crippen molar-refractivity contribution >= 4 is 33.3 Å². The molecule has 0 spiro atoms. The molecule has 206 valence electrons. The second-order valence-electron chi connectivity index (χ2n) is 9.26. The zero-order valence-electron chi connectivity index (χ0n) is 22.6. The minimum Gasteiger partial charge on any atom is -0.497 e. The van der Waals surface area contributed by atoms with Crippen LogP contribution >= 0.6 is 0 Å². The van der Waals surface area contributed by atoms with E-state index < -0.39 is 28.0 Å². The number of sulfonamides is 1. The zero-order chi connectivity index (χ0) is 28.9. The van der Waals surface area contributed by atoms with Crippen molar-refractivity contribution in [2.75, 3.05) is 23.8 Å². The molecule has 0 aliphatic carbocycles. The van der Waals surface area contributed by atoms with Gasteiger partial charge in [0.05, 0.1) is 23.3 Å². The third-order valence-corrected chi connectivity index (χ3v) is 8.00. The highest BCUT2D eigenvalue weighted by Crippen LogP contribution is 2.27. The van der Waals surface area contributed by atoms with Gasteiger partial charge >= 0.3 is 5.97 Å². The van der Waals surface area contributed by atoms with Crippen LogP contribution < -0.4 is 14.4 Å². The molecule has 0 unspecified atom stereocenters. The van der Waals surface area contributed by atoms with Gasteiger partial charge in [0.1, 0.15) is 5.75 Å². The summed E-state index contributed by atoms with van der Waals surface area (Å²) in [6.45, 7) is 3.84. The summed E-state index contributed by atoms with van der Waals surface area (Å²) in [5.41, 5.74) is 3.41. The van der Waals surface area contributed by atoms with Gasteiger partial charge in [0.25, 0.3) is 15.9 Å². The Morgan fingerprint density at radius 1 is 0.825 bits per heavy atom. The van der Waals surface area contributed by atoms with Crippen LogP contribution in [0.25, 0.3) is 0 Å². The first-order valence-corrected chi connectivity index (χ1v) is 13.9. The highest BCUT2D eigenvalue weighted by molar-refractivity contribution is 7.92. The largest absolute Gasteiger partial charge is 0.497 e. The number of nitrogens with zero attached hydrogens (tertiary/aromatic N) is 1. The van der Waals surface area contributed by atoms with E-state index in [-0.39, 0.29) is 10.5 Å². The third kappa shape index (κ3) is 6.50. The molecular weight excluding hydrogens is 528 g/mol. The maximum absolute atomic E-state index is 13.4. The number of rotatable bonds is 9. The predicted molar refractivity (Wildman–Crippen MR) is 154 cm³/mol. The molecule has 0 aliphatic heterocycles. The van der Waals surface area contributed by atoms with Gasteiger partial charge in [0, 0.05) is 18.3 Å². The Morgan fingerprint density at radius 2 is 1.48 bits per heavy atom. The highest BCUT2D eigenvalue weighted by atomic mass is 32.2. The molecule has 1 atom stereocenters. The van der Waals surface area contributed by atoms with Crippen molar-refractivity contribution in [3.8, 4) is 5.75 Å². The number of methoxy groups -OCH3 is 1. The van der Waals surface area contributed by atoms with Crippen molar-refractivity contribution in [3.05, 3.63) is 119 Å². The van der Waals surface area contributed by atoms with Crippen LogP contribution in [-0.2, 0) is 19.6 Å². The third-order valence-electron chi connectivity index (χ3n) is 6.22. The lowest BCUT2D eigenvalue weighted by molar-refractivity contribution is -0.125. The average molecular weight is 559 g/mol. The Morgan fingerprint density at radius 3 is 2.10 bits per heavy atom. The number of carbonyl (C=O) groups excluding carboxylic acids is 2. The SMILES string of the molecule is COc1ccc(N(C)S(=O)(=O)c2cccc(C(=O)O[C@@H](C(=O)Nc3cc(C)cc(C)c3)c3ccccc3)c2)cc1. The molecule has 4 aromatic rings. The van der Waals surface area contributed by atoms with Crippen molar-refractivity contribution in [1.29, 1.82) is 0 Å². The summed E-state index contributed by atoms with van der Waals surface area (Å²) in [6.07, 6.45) is -1.27. The number of amides is 1. The second kappa shape index (κ2) is 12.0. The molecule has 0 saturated carbocycles. The highest BCUT2D eigenvalue weighted by Gasteiger charge is 2.28. The fourth-order valence-electron chi connectivity index (χ4n) is 4.20. The number of benzene rings is 4. The molecule has 8 nitrogen and oxygen atoms in total. The van der Waals surface area contributed by atoms with Crippen molar-refractivity contribution in [1.82, 2.24) is 0 Å². The van der Waals surface area contributed by atoms with E-state index in [9.17, 15) is 18.0 Å². The summed E-state index contributed by atoms with van der Waals surface area (Å²) < 4.78 is 38.6. The topological polar surface area (TPSA) is 102 Å². The molecule has 0 fully saturated rings. The average Bonchev–Trinajstić information content (AvgIpc) is 2.95. The summed E-state index contributed by atoms with van der Waals surface area (Å²) in [4.78, 5) is 26.5. The molecule has 4 aromatic carbocycles. The van der Waals surface area contributed by atoms with E-state index in [0.29, 0.717) is 22.7 Å². The fraction of sp³-hybridized carbons (Fsp3) is 0.161. The minimum atomic E-state index is -4.01. The van der Waals surface area contributed by atoms with Crippen LogP contribution in [0.2, 0.25) is 0 Å². The maximum Gasteiger partial charge on any atom is 0.339 e. The summed E-state index contributed by atoms with van der Waals surface area (Å²) in [7, 11) is -1.06. The molecule has 0 radical (unpaired) electrons. The van der Waals surface area contributed by atoms with Crippen LogP contribution in [0.3, 0.4) is 0 Å². The first kappa shape index (κ1) is 28.4. The number of anilines is 2. The number of ether oxygens (including phenoxy) is 2. The molecule has 4 rings (SSSR count). The van der Waals surface area contributed by atoms with E-state index in [1.807, 2.05) is 32.0 Å². The van der Waals surface area contributed by atoms with E-state index in [0.717, 1.165) is 15.4 Å². The smallest absolute Gasteiger partial charge is 0.339 e. The van der Waals surface area contributed by atoms with Gasteiger partial charge < -0.3 is 14.8 Å². The molecule has 9 heteroatoms. The molecule has 0 aromatic heterocycles.